The molecule has 0 aliphatic rings. The van der Waals surface area contributed by atoms with E-state index in [1.54, 1.807) is 0 Å². The first-order valence-electron chi connectivity index (χ1n) is 10.3. The van der Waals surface area contributed by atoms with Crippen molar-refractivity contribution in [2.45, 2.75) is 37.0 Å². The second-order valence-corrected chi connectivity index (χ2v) is 7.24. The highest BCUT2D eigenvalue weighted by Crippen LogP contribution is 1.97. The quantitative estimate of drug-likeness (QED) is 0.0823. The zero-order chi connectivity index (χ0) is 28.7. The van der Waals surface area contributed by atoms with Crippen molar-refractivity contribution in [1.29, 1.82) is 0 Å². The van der Waals surface area contributed by atoms with Crippen LogP contribution in [0.2, 0.25) is 0 Å². The van der Waals surface area contributed by atoms with E-state index in [1.807, 2.05) is 26.6 Å². The Balaban J connectivity index is 5.16. The molecular weight excluding hydrogens is 508 g/mol. The maximum atomic E-state index is 12.5. The molecule has 19 nitrogen and oxygen atoms in total. The lowest BCUT2D eigenvalue weighted by atomic mass is 10.1. The number of carboxylic acid groups (broad SMARTS) is 3. The SMILES string of the molecule is N[C@@H](CC(=O)O)C(=O)NCC(=O)N[C@@H](CC(=O)O)C(=O)N[C@@H](CO)C(=O)N[C@@H](CO)C(=O)NCC(=O)O. The Labute approximate surface area is 207 Å². The van der Waals surface area contributed by atoms with Crippen LogP contribution >= 0.6 is 0 Å². The van der Waals surface area contributed by atoms with Crippen LogP contribution in [0.15, 0.2) is 0 Å². The molecule has 12 N–H and O–H groups in total. The van der Waals surface area contributed by atoms with E-state index < -0.39 is 111 Å². The highest BCUT2D eigenvalue weighted by atomic mass is 16.4. The summed E-state index contributed by atoms with van der Waals surface area (Å²) >= 11 is 0. The van der Waals surface area contributed by atoms with Crippen LogP contribution in [0.3, 0.4) is 0 Å². The summed E-state index contributed by atoms with van der Waals surface area (Å²) < 4.78 is 0. The van der Waals surface area contributed by atoms with Gasteiger partial charge in [-0.15, -0.1) is 0 Å². The van der Waals surface area contributed by atoms with Crippen molar-refractivity contribution in [3.8, 4) is 0 Å². The van der Waals surface area contributed by atoms with Gasteiger partial charge >= 0.3 is 17.9 Å². The number of aliphatic hydroxyl groups excluding tert-OH is 2. The van der Waals surface area contributed by atoms with Crippen LogP contribution in [0, 0.1) is 0 Å². The molecule has 37 heavy (non-hydrogen) atoms. The smallest absolute Gasteiger partial charge is 0.322 e. The summed E-state index contributed by atoms with van der Waals surface area (Å²) in [5.41, 5.74) is 5.32. The van der Waals surface area contributed by atoms with Crippen LogP contribution in [0.5, 0.6) is 0 Å². The van der Waals surface area contributed by atoms with Gasteiger partial charge in [-0.05, 0) is 0 Å². The van der Waals surface area contributed by atoms with Crippen LogP contribution in [-0.2, 0) is 38.4 Å². The van der Waals surface area contributed by atoms with Crippen molar-refractivity contribution in [3.05, 3.63) is 0 Å². The number of nitrogens with one attached hydrogen (secondary N) is 5. The molecule has 0 rings (SSSR count). The lowest BCUT2D eigenvalue weighted by molar-refractivity contribution is -0.141. The molecule has 0 saturated carbocycles. The summed E-state index contributed by atoms with van der Waals surface area (Å²) in [7, 11) is 0. The third kappa shape index (κ3) is 13.3. The molecule has 208 valence electrons. The number of nitrogens with two attached hydrogens (primary N) is 1. The molecule has 0 saturated heterocycles. The number of carboxylic acids is 3. The normalized spacial score (nSPS) is 13.6. The molecular formula is C18H28N6O13. The first-order valence-corrected chi connectivity index (χ1v) is 10.3. The Morgan fingerprint density at radius 2 is 1.03 bits per heavy atom. The molecule has 0 radical (unpaired) electrons. The second-order valence-electron chi connectivity index (χ2n) is 7.24. The molecule has 0 aromatic heterocycles. The van der Waals surface area contributed by atoms with E-state index in [0.717, 1.165) is 0 Å². The van der Waals surface area contributed by atoms with Crippen LogP contribution in [0.25, 0.3) is 0 Å². The number of hydrogen-bond donors (Lipinski definition) is 11. The van der Waals surface area contributed by atoms with Gasteiger partial charge in [-0.2, -0.15) is 0 Å². The number of amides is 5. The van der Waals surface area contributed by atoms with Gasteiger partial charge in [0.2, 0.25) is 29.5 Å². The number of aliphatic carboxylic acids is 3. The van der Waals surface area contributed by atoms with Crippen molar-refractivity contribution in [2.24, 2.45) is 5.73 Å². The summed E-state index contributed by atoms with van der Waals surface area (Å²) in [6.45, 7) is -3.70. The summed E-state index contributed by atoms with van der Waals surface area (Å²) in [5.74, 6) is -10.0. The fourth-order valence-electron chi connectivity index (χ4n) is 2.43. The molecule has 0 unspecified atom stereocenters. The predicted molar refractivity (Wildman–Crippen MR) is 116 cm³/mol. The largest absolute Gasteiger partial charge is 0.481 e. The minimum absolute atomic E-state index is 0.736. The Kier molecular flexibility index (Phi) is 14.4. The third-order valence-corrected chi connectivity index (χ3v) is 4.23. The average Bonchev–Trinajstić information content (AvgIpc) is 2.81. The first-order chi connectivity index (χ1) is 17.2. The second kappa shape index (κ2) is 16.3. The Hall–Kier alpha value is -4.36. The summed E-state index contributed by atoms with van der Waals surface area (Å²) in [4.78, 5) is 92.5. The molecule has 0 heterocycles. The van der Waals surface area contributed by atoms with Crippen molar-refractivity contribution in [2.75, 3.05) is 26.3 Å². The predicted octanol–water partition coefficient (Wildman–Crippen LogP) is -6.98. The van der Waals surface area contributed by atoms with Crippen molar-refractivity contribution >= 4 is 47.4 Å². The Bertz CT molecular complexity index is 895. The maximum absolute atomic E-state index is 12.5. The monoisotopic (exact) mass is 536 g/mol. The topological polar surface area (TPSA) is 324 Å². The maximum Gasteiger partial charge on any atom is 0.322 e. The van der Waals surface area contributed by atoms with Gasteiger partial charge < -0.3 is 57.9 Å². The Morgan fingerprint density at radius 1 is 0.568 bits per heavy atom. The van der Waals surface area contributed by atoms with Crippen LogP contribution in [0.1, 0.15) is 12.8 Å². The zero-order valence-corrected chi connectivity index (χ0v) is 19.1. The van der Waals surface area contributed by atoms with Crippen LogP contribution < -0.4 is 32.3 Å². The lowest BCUT2D eigenvalue weighted by Crippen LogP contribution is -2.59. The fraction of sp³-hybridized carbons (Fsp3) is 0.556. The average molecular weight is 536 g/mol. The van der Waals surface area contributed by atoms with E-state index in [4.69, 9.17) is 21.1 Å². The number of carbonyl (C=O) groups is 8. The number of carbonyl (C=O) groups excluding carboxylic acids is 5. The summed E-state index contributed by atoms with van der Waals surface area (Å²) in [6.07, 6.45) is -1.73. The number of rotatable bonds is 17. The molecule has 0 fully saturated rings. The first kappa shape index (κ1) is 32.6. The standard InChI is InChI=1S/C18H28N6O13/c19-7(1-12(28)29)15(34)20-3-11(27)22-8(2-13(30)31)17(36)24-10(6-26)18(37)23-9(5-25)16(35)21-4-14(32)33/h7-10,25-26H,1-6,19H2,(H,20,34)(H,21,35)(H,22,27)(H,23,37)(H,24,36)(H,28,29)(H,30,31)(H,32,33)/t7-,8-,9-,10-/m0/s1. The van der Waals surface area contributed by atoms with Crippen LogP contribution in [0.4, 0.5) is 0 Å². The number of aliphatic hydroxyl groups is 2. The fourth-order valence-corrected chi connectivity index (χ4v) is 2.43. The van der Waals surface area contributed by atoms with Gasteiger partial charge in [0, 0.05) is 0 Å². The van der Waals surface area contributed by atoms with Crippen molar-refractivity contribution in [1.82, 2.24) is 26.6 Å². The van der Waals surface area contributed by atoms with Crippen molar-refractivity contribution < 1.29 is 63.9 Å². The van der Waals surface area contributed by atoms with Gasteiger partial charge in [-0.1, -0.05) is 0 Å². The van der Waals surface area contributed by atoms with Gasteiger partial charge in [0.25, 0.3) is 0 Å². The van der Waals surface area contributed by atoms with Crippen LogP contribution in [-0.4, -0.2) is 123 Å². The minimum Gasteiger partial charge on any atom is -0.481 e. The van der Waals surface area contributed by atoms with E-state index in [1.165, 1.54) is 0 Å². The lowest BCUT2D eigenvalue weighted by Gasteiger charge is -2.23. The van der Waals surface area contributed by atoms with Gasteiger partial charge in [-0.25, -0.2) is 0 Å². The number of hydrogen-bond acceptors (Lipinski definition) is 11. The molecule has 4 atom stereocenters. The molecule has 0 bridgehead atoms. The van der Waals surface area contributed by atoms with Gasteiger partial charge in [0.05, 0.1) is 38.6 Å². The zero-order valence-electron chi connectivity index (χ0n) is 19.1. The highest BCUT2D eigenvalue weighted by Gasteiger charge is 2.30. The molecule has 0 aromatic rings. The third-order valence-electron chi connectivity index (χ3n) is 4.23. The van der Waals surface area contributed by atoms with E-state index >= 15 is 0 Å². The molecule has 0 aliphatic carbocycles. The van der Waals surface area contributed by atoms with Crippen molar-refractivity contribution in [3.63, 3.8) is 0 Å². The van der Waals surface area contributed by atoms with E-state index in [0.29, 0.717) is 0 Å². The molecule has 19 heteroatoms. The van der Waals surface area contributed by atoms with Gasteiger partial charge in [0.1, 0.15) is 24.7 Å². The van der Waals surface area contributed by atoms with Gasteiger partial charge in [-0.3, -0.25) is 38.4 Å². The molecule has 0 spiro atoms. The summed E-state index contributed by atoms with van der Waals surface area (Å²) in [5, 5.41) is 54.6. The molecule has 0 aliphatic heterocycles. The highest BCUT2D eigenvalue weighted by molar-refractivity contribution is 5.96. The van der Waals surface area contributed by atoms with E-state index in [-0.39, 0.29) is 0 Å². The summed E-state index contributed by atoms with van der Waals surface area (Å²) in [6, 6.07) is -6.76. The van der Waals surface area contributed by atoms with Gasteiger partial charge in [0.15, 0.2) is 0 Å². The Morgan fingerprint density at radius 3 is 1.49 bits per heavy atom. The minimum atomic E-state index is -1.82. The van der Waals surface area contributed by atoms with E-state index in [9.17, 15) is 48.6 Å². The molecule has 0 aromatic carbocycles. The molecule has 5 amide bonds. The van der Waals surface area contributed by atoms with E-state index in [2.05, 4.69) is 0 Å².